The molecule has 0 fully saturated rings. The number of amides is 1. The van der Waals surface area contributed by atoms with E-state index in [-0.39, 0.29) is 11.7 Å². The van der Waals surface area contributed by atoms with Crippen LogP contribution in [0.3, 0.4) is 0 Å². The number of carbonyl (C=O) groups excluding carboxylic acids is 1. The van der Waals surface area contributed by atoms with Crippen molar-refractivity contribution in [2.24, 2.45) is 0 Å². The van der Waals surface area contributed by atoms with Crippen LogP contribution in [-0.4, -0.2) is 45.2 Å². The number of rotatable bonds is 7. The van der Waals surface area contributed by atoms with Gasteiger partial charge in [-0.3, -0.25) is 4.79 Å². The molecular formula is C18H20FNO4. The fourth-order valence-electron chi connectivity index (χ4n) is 2.12. The molecule has 0 heterocycles. The zero-order chi connectivity index (χ0) is 17.5. The van der Waals surface area contributed by atoms with Gasteiger partial charge in [0, 0.05) is 7.05 Å². The first-order valence-electron chi connectivity index (χ1n) is 7.41. The fourth-order valence-corrected chi connectivity index (χ4v) is 2.12. The minimum atomic E-state index is -0.320. The van der Waals surface area contributed by atoms with Crippen LogP contribution in [0.15, 0.2) is 42.5 Å². The van der Waals surface area contributed by atoms with Crippen molar-refractivity contribution in [3.05, 3.63) is 53.8 Å². The van der Waals surface area contributed by atoms with Gasteiger partial charge in [-0.05, 0) is 42.5 Å². The molecule has 24 heavy (non-hydrogen) atoms. The van der Waals surface area contributed by atoms with E-state index in [2.05, 4.69) is 0 Å². The molecule has 0 aliphatic rings. The predicted molar refractivity (Wildman–Crippen MR) is 88.4 cm³/mol. The van der Waals surface area contributed by atoms with E-state index in [0.29, 0.717) is 36.0 Å². The first kappa shape index (κ1) is 17.6. The number of nitrogens with zero attached hydrogens (tertiary/aromatic N) is 1. The third kappa shape index (κ3) is 4.38. The lowest BCUT2D eigenvalue weighted by molar-refractivity contribution is 0.0770. The van der Waals surface area contributed by atoms with Gasteiger partial charge < -0.3 is 19.1 Å². The van der Waals surface area contributed by atoms with Crippen molar-refractivity contribution in [2.75, 3.05) is 34.4 Å². The van der Waals surface area contributed by atoms with Gasteiger partial charge in [-0.2, -0.15) is 0 Å². The molecule has 0 bridgehead atoms. The van der Waals surface area contributed by atoms with Crippen LogP contribution in [-0.2, 0) is 0 Å². The summed E-state index contributed by atoms with van der Waals surface area (Å²) in [5.74, 6) is 1.09. The SMILES string of the molecule is COc1ccc(OC)c(C(=O)N(C)CCOc2ccc(F)cc2)c1. The molecule has 0 radical (unpaired) electrons. The standard InChI is InChI=1S/C18H20FNO4/c1-20(10-11-24-14-6-4-13(19)5-7-14)18(21)16-12-15(22-2)8-9-17(16)23-3/h4-9,12H,10-11H2,1-3H3. The maximum Gasteiger partial charge on any atom is 0.257 e. The van der Waals surface area contributed by atoms with Crippen molar-refractivity contribution in [1.29, 1.82) is 0 Å². The van der Waals surface area contributed by atoms with E-state index in [1.165, 1.54) is 31.3 Å². The molecule has 0 spiro atoms. The highest BCUT2D eigenvalue weighted by molar-refractivity contribution is 5.97. The maximum atomic E-state index is 12.8. The summed E-state index contributed by atoms with van der Waals surface area (Å²) in [5.41, 5.74) is 0.418. The van der Waals surface area contributed by atoms with Crippen LogP contribution in [0, 0.1) is 5.82 Å². The Balaban J connectivity index is 1.97. The second-order valence-corrected chi connectivity index (χ2v) is 5.10. The van der Waals surface area contributed by atoms with E-state index in [1.807, 2.05) is 0 Å². The van der Waals surface area contributed by atoms with Crippen molar-refractivity contribution in [3.8, 4) is 17.2 Å². The van der Waals surface area contributed by atoms with Gasteiger partial charge >= 0.3 is 0 Å². The highest BCUT2D eigenvalue weighted by atomic mass is 19.1. The van der Waals surface area contributed by atoms with Crippen molar-refractivity contribution >= 4 is 5.91 Å². The summed E-state index contributed by atoms with van der Waals surface area (Å²) in [7, 11) is 4.72. The quantitative estimate of drug-likeness (QED) is 0.781. The highest BCUT2D eigenvalue weighted by Gasteiger charge is 2.17. The molecule has 0 saturated carbocycles. The monoisotopic (exact) mass is 333 g/mol. The molecule has 2 aromatic rings. The number of carbonyl (C=O) groups is 1. The molecule has 0 unspecified atom stereocenters. The molecular weight excluding hydrogens is 313 g/mol. The number of likely N-dealkylation sites (N-methyl/N-ethyl adjacent to an activating group) is 1. The highest BCUT2D eigenvalue weighted by Crippen LogP contribution is 2.25. The van der Waals surface area contributed by atoms with Crippen LogP contribution in [0.25, 0.3) is 0 Å². The zero-order valence-electron chi connectivity index (χ0n) is 13.9. The second kappa shape index (κ2) is 8.19. The summed E-state index contributed by atoms with van der Waals surface area (Å²) in [6.07, 6.45) is 0. The van der Waals surface area contributed by atoms with Crippen molar-refractivity contribution in [3.63, 3.8) is 0 Å². The normalized spacial score (nSPS) is 10.2. The lowest BCUT2D eigenvalue weighted by Crippen LogP contribution is -2.31. The van der Waals surface area contributed by atoms with Crippen molar-refractivity contribution in [2.45, 2.75) is 0 Å². The van der Waals surface area contributed by atoms with Gasteiger partial charge in [0.2, 0.25) is 0 Å². The third-order valence-electron chi connectivity index (χ3n) is 3.49. The van der Waals surface area contributed by atoms with Crippen LogP contribution in [0.2, 0.25) is 0 Å². The Bertz CT molecular complexity index is 688. The predicted octanol–water partition coefficient (Wildman–Crippen LogP) is 2.99. The zero-order valence-corrected chi connectivity index (χ0v) is 13.9. The number of hydrogen-bond donors (Lipinski definition) is 0. The van der Waals surface area contributed by atoms with E-state index in [1.54, 1.807) is 37.4 Å². The lowest BCUT2D eigenvalue weighted by atomic mass is 10.1. The Morgan fingerprint density at radius 3 is 2.33 bits per heavy atom. The van der Waals surface area contributed by atoms with E-state index in [0.717, 1.165) is 0 Å². The van der Waals surface area contributed by atoms with Crippen LogP contribution in [0.1, 0.15) is 10.4 Å². The average Bonchev–Trinajstić information content (AvgIpc) is 2.62. The third-order valence-corrected chi connectivity index (χ3v) is 3.49. The summed E-state index contributed by atoms with van der Waals surface area (Å²) < 4.78 is 28.7. The van der Waals surface area contributed by atoms with Crippen LogP contribution in [0.4, 0.5) is 4.39 Å². The molecule has 6 heteroatoms. The topological polar surface area (TPSA) is 48.0 Å². The Morgan fingerprint density at radius 2 is 1.71 bits per heavy atom. The largest absolute Gasteiger partial charge is 0.497 e. The van der Waals surface area contributed by atoms with Crippen LogP contribution < -0.4 is 14.2 Å². The molecule has 0 atom stereocenters. The first-order valence-corrected chi connectivity index (χ1v) is 7.41. The van der Waals surface area contributed by atoms with Gasteiger partial charge in [0.15, 0.2) is 0 Å². The number of methoxy groups -OCH3 is 2. The van der Waals surface area contributed by atoms with E-state index >= 15 is 0 Å². The summed E-state index contributed by atoms with van der Waals surface area (Å²) >= 11 is 0. The van der Waals surface area contributed by atoms with Crippen LogP contribution >= 0.6 is 0 Å². The fraction of sp³-hybridized carbons (Fsp3) is 0.278. The van der Waals surface area contributed by atoms with Gasteiger partial charge in [-0.15, -0.1) is 0 Å². The minimum absolute atomic E-state index is 0.201. The molecule has 1 amide bonds. The Kier molecular flexibility index (Phi) is 6.01. The molecule has 5 nitrogen and oxygen atoms in total. The van der Waals surface area contributed by atoms with Gasteiger partial charge in [0.05, 0.1) is 26.3 Å². The summed E-state index contributed by atoms with van der Waals surface area (Å²) in [6.45, 7) is 0.663. The van der Waals surface area contributed by atoms with E-state index in [9.17, 15) is 9.18 Å². The number of benzene rings is 2. The molecule has 0 aromatic heterocycles. The minimum Gasteiger partial charge on any atom is -0.497 e. The number of hydrogen-bond acceptors (Lipinski definition) is 4. The molecule has 0 saturated heterocycles. The number of halogens is 1. The lowest BCUT2D eigenvalue weighted by Gasteiger charge is -2.19. The van der Waals surface area contributed by atoms with Crippen LogP contribution in [0.5, 0.6) is 17.2 Å². The summed E-state index contributed by atoms with van der Waals surface area (Å²) in [4.78, 5) is 14.1. The molecule has 2 aromatic carbocycles. The van der Waals surface area contributed by atoms with Crippen molar-refractivity contribution in [1.82, 2.24) is 4.90 Å². The van der Waals surface area contributed by atoms with Gasteiger partial charge in [0.25, 0.3) is 5.91 Å². The Hall–Kier alpha value is -2.76. The molecule has 2 rings (SSSR count). The van der Waals surface area contributed by atoms with E-state index in [4.69, 9.17) is 14.2 Å². The smallest absolute Gasteiger partial charge is 0.257 e. The van der Waals surface area contributed by atoms with Crippen molar-refractivity contribution < 1.29 is 23.4 Å². The molecule has 0 aliphatic carbocycles. The second-order valence-electron chi connectivity index (χ2n) is 5.10. The summed E-state index contributed by atoms with van der Waals surface area (Å²) in [5, 5.41) is 0. The number of ether oxygens (including phenoxy) is 3. The Labute approximate surface area is 140 Å². The maximum absolute atomic E-state index is 12.8. The average molecular weight is 333 g/mol. The Morgan fingerprint density at radius 1 is 1.04 bits per heavy atom. The molecule has 128 valence electrons. The van der Waals surface area contributed by atoms with E-state index < -0.39 is 0 Å². The molecule has 0 N–H and O–H groups in total. The first-order chi connectivity index (χ1) is 11.5. The summed E-state index contributed by atoms with van der Waals surface area (Å²) in [6, 6.07) is 10.8. The molecule has 0 aliphatic heterocycles. The van der Waals surface area contributed by atoms with Gasteiger partial charge in [-0.25, -0.2) is 4.39 Å². The van der Waals surface area contributed by atoms with Gasteiger partial charge in [-0.1, -0.05) is 0 Å². The van der Waals surface area contributed by atoms with Gasteiger partial charge in [0.1, 0.15) is 29.7 Å².